The first-order chi connectivity index (χ1) is 11.9. The molecule has 2 fully saturated rings. The third-order valence-electron chi connectivity index (χ3n) is 5.40. The van der Waals surface area contributed by atoms with Crippen LogP contribution in [0, 0.1) is 5.41 Å². The van der Waals surface area contributed by atoms with Gasteiger partial charge in [0.15, 0.2) is 0 Å². The molecule has 2 N–H and O–H groups in total. The van der Waals surface area contributed by atoms with E-state index in [2.05, 4.69) is 18.7 Å². The summed E-state index contributed by atoms with van der Waals surface area (Å²) in [5.74, 6) is 0.239. The second-order valence-electron chi connectivity index (χ2n) is 7.74. The lowest BCUT2D eigenvalue weighted by Crippen LogP contribution is -2.56. The number of carbonyl (C=O) groups excluding carboxylic acids is 2. The van der Waals surface area contributed by atoms with Crippen LogP contribution < -0.4 is 5.73 Å². The molecule has 1 aromatic rings. The quantitative estimate of drug-likeness (QED) is 0.872. The van der Waals surface area contributed by atoms with Crippen molar-refractivity contribution in [3.8, 4) is 0 Å². The monoisotopic (exact) mass is 364 g/mol. The summed E-state index contributed by atoms with van der Waals surface area (Å²) in [6.07, 6.45) is 0.934. The zero-order valence-electron chi connectivity index (χ0n) is 15.1. The predicted molar refractivity (Wildman–Crippen MR) is 99.6 cm³/mol. The van der Waals surface area contributed by atoms with Crippen LogP contribution in [0.15, 0.2) is 17.5 Å². The van der Waals surface area contributed by atoms with Crippen molar-refractivity contribution in [3.05, 3.63) is 22.4 Å². The Balaban J connectivity index is 1.48. The first kappa shape index (κ1) is 18.4. The normalized spacial score (nSPS) is 24.4. The van der Waals surface area contributed by atoms with E-state index in [1.54, 1.807) is 0 Å². The number of rotatable bonds is 3. The predicted octanol–water partition coefficient (Wildman–Crippen LogP) is 1.09. The van der Waals surface area contributed by atoms with Crippen LogP contribution in [0.5, 0.6) is 0 Å². The number of hydrogen-bond donors (Lipinski definition) is 1. The Morgan fingerprint density at radius 1 is 1.20 bits per heavy atom. The summed E-state index contributed by atoms with van der Waals surface area (Å²) in [6.45, 7) is 8.99. The summed E-state index contributed by atoms with van der Waals surface area (Å²) in [7, 11) is 0. The van der Waals surface area contributed by atoms with Crippen LogP contribution >= 0.6 is 11.3 Å². The van der Waals surface area contributed by atoms with Crippen molar-refractivity contribution in [2.75, 3.05) is 45.8 Å². The molecule has 7 heteroatoms. The number of amides is 2. The topological polar surface area (TPSA) is 69.9 Å². The van der Waals surface area contributed by atoms with Crippen molar-refractivity contribution in [1.29, 1.82) is 0 Å². The molecule has 3 rings (SSSR count). The molecule has 3 heterocycles. The van der Waals surface area contributed by atoms with Gasteiger partial charge in [-0.25, -0.2) is 0 Å². The summed E-state index contributed by atoms with van der Waals surface area (Å²) in [5, 5.41) is 1.92. The van der Waals surface area contributed by atoms with E-state index in [9.17, 15) is 9.59 Å². The zero-order chi connectivity index (χ0) is 18.0. The van der Waals surface area contributed by atoms with Crippen LogP contribution in [0.1, 0.15) is 29.9 Å². The minimum atomic E-state index is 0.0460. The average Bonchev–Trinajstić information content (AvgIpc) is 3.12. The molecule has 1 aromatic heterocycles. The SMILES string of the molecule is CC1(C)CN(CC(=O)N2CCN(C(=O)c3cccs3)CC2)CCC1N. The van der Waals surface area contributed by atoms with Gasteiger partial charge in [-0.3, -0.25) is 14.5 Å². The summed E-state index contributed by atoms with van der Waals surface area (Å²) >= 11 is 1.47. The fraction of sp³-hybridized carbons (Fsp3) is 0.667. The van der Waals surface area contributed by atoms with E-state index in [-0.39, 0.29) is 23.3 Å². The summed E-state index contributed by atoms with van der Waals surface area (Å²) in [4.78, 5) is 31.7. The molecule has 2 saturated heterocycles. The highest BCUT2D eigenvalue weighted by molar-refractivity contribution is 7.12. The molecular weight excluding hydrogens is 336 g/mol. The van der Waals surface area contributed by atoms with Crippen LogP contribution in [-0.4, -0.2) is 78.4 Å². The number of piperazine rings is 1. The number of hydrogen-bond acceptors (Lipinski definition) is 5. The van der Waals surface area contributed by atoms with Crippen LogP contribution in [0.3, 0.4) is 0 Å². The number of thiophene rings is 1. The van der Waals surface area contributed by atoms with Crippen molar-refractivity contribution in [3.63, 3.8) is 0 Å². The number of likely N-dealkylation sites (tertiary alicyclic amines) is 1. The lowest BCUT2D eigenvalue weighted by Gasteiger charge is -2.43. The third kappa shape index (κ3) is 4.22. The largest absolute Gasteiger partial charge is 0.338 e. The fourth-order valence-electron chi connectivity index (χ4n) is 3.63. The summed E-state index contributed by atoms with van der Waals surface area (Å²) in [5.41, 5.74) is 6.22. The van der Waals surface area contributed by atoms with Gasteiger partial charge in [0, 0.05) is 45.3 Å². The fourth-order valence-corrected chi connectivity index (χ4v) is 4.32. The van der Waals surface area contributed by atoms with Gasteiger partial charge in [0.25, 0.3) is 5.91 Å². The molecule has 2 amide bonds. The van der Waals surface area contributed by atoms with E-state index >= 15 is 0 Å². The van der Waals surface area contributed by atoms with Crippen molar-refractivity contribution in [1.82, 2.24) is 14.7 Å². The molecular formula is C18H28N4O2S. The zero-order valence-corrected chi connectivity index (χ0v) is 15.9. The first-order valence-electron chi connectivity index (χ1n) is 8.95. The van der Waals surface area contributed by atoms with E-state index in [4.69, 9.17) is 5.73 Å². The molecule has 0 spiro atoms. The van der Waals surface area contributed by atoms with Crippen molar-refractivity contribution < 1.29 is 9.59 Å². The van der Waals surface area contributed by atoms with Crippen molar-refractivity contribution in [2.45, 2.75) is 26.3 Å². The maximum absolute atomic E-state index is 12.6. The van der Waals surface area contributed by atoms with Crippen molar-refractivity contribution in [2.24, 2.45) is 11.1 Å². The number of piperidine rings is 1. The molecule has 2 aliphatic heterocycles. The maximum Gasteiger partial charge on any atom is 0.264 e. The van der Waals surface area contributed by atoms with Gasteiger partial charge < -0.3 is 15.5 Å². The molecule has 0 radical (unpaired) electrons. The van der Waals surface area contributed by atoms with Gasteiger partial charge in [0.2, 0.25) is 5.91 Å². The van der Waals surface area contributed by atoms with Gasteiger partial charge in [-0.15, -0.1) is 11.3 Å². The van der Waals surface area contributed by atoms with E-state index in [0.717, 1.165) is 24.4 Å². The van der Waals surface area contributed by atoms with E-state index in [1.807, 2.05) is 27.3 Å². The molecule has 6 nitrogen and oxygen atoms in total. The lowest BCUT2D eigenvalue weighted by molar-refractivity contribution is -0.134. The summed E-state index contributed by atoms with van der Waals surface area (Å²) in [6, 6.07) is 3.95. The Bertz CT molecular complexity index is 609. The Kier molecular flexibility index (Phi) is 5.46. The highest BCUT2D eigenvalue weighted by Crippen LogP contribution is 2.27. The summed E-state index contributed by atoms with van der Waals surface area (Å²) < 4.78 is 0. The van der Waals surface area contributed by atoms with Crippen LogP contribution in [-0.2, 0) is 4.79 Å². The molecule has 2 aliphatic rings. The van der Waals surface area contributed by atoms with Gasteiger partial charge in [-0.05, 0) is 23.3 Å². The Hall–Kier alpha value is -1.44. The molecule has 0 aromatic carbocycles. The molecule has 0 aliphatic carbocycles. The second kappa shape index (κ2) is 7.43. The second-order valence-corrected chi connectivity index (χ2v) is 8.69. The Morgan fingerprint density at radius 2 is 1.88 bits per heavy atom. The third-order valence-corrected chi connectivity index (χ3v) is 6.26. The molecule has 138 valence electrons. The van der Waals surface area contributed by atoms with Crippen LogP contribution in [0.2, 0.25) is 0 Å². The highest BCUT2D eigenvalue weighted by atomic mass is 32.1. The Labute approximate surface area is 153 Å². The minimum Gasteiger partial charge on any atom is -0.338 e. The number of carbonyl (C=O) groups is 2. The van der Waals surface area contributed by atoms with Gasteiger partial charge in [0.1, 0.15) is 0 Å². The maximum atomic E-state index is 12.6. The van der Waals surface area contributed by atoms with Gasteiger partial charge >= 0.3 is 0 Å². The molecule has 1 unspecified atom stereocenters. The first-order valence-corrected chi connectivity index (χ1v) is 9.83. The Morgan fingerprint density at radius 3 is 2.48 bits per heavy atom. The van der Waals surface area contributed by atoms with Gasteiger partial charge in [-0.1, -0.05) is 19.9 Å². The standard InChI is InChI=1S/C18H28N4O2S/c1-18(2)13-20(6-5-15(18)19)12-16(23)21-7-9-22(10-8-21)17(24)14-4-3-11-25-14/h3-4,11,15H,5-10,12-13,19H2,1-2H3. The highest BCUT2D eigenvalue weighted by Gasteiger charge is 2.35. The van der Waals surface area contributed by atoms with E-state index in [0.29, 0.717) is 32.7 Å². The molecule has 1 atom stereocenters. The molecule has 25 heavy (non-hydrogen) atoms. The van der Waals surface area contributed by atoms with Crippen LogP contribution in [0.4, 0.5) is 0 Å². The lowest BCUT2D eigenvalue weighted by atomic mass is 9.80. The number of nitrogens with two attached hydrogens (primary N) is 1. The van der Waals surface area contributed by atoms with Gasteiger partial charge in [0.05, 0.1) is 11.4 Å². The van der Waals surface area contributed by atoms with Crippen LogP contribution in [0.25, 0.3) is 0 Å². The van der Waals surface area contributed by atoms with E-state index in [1.165, 1.54) is 11.3 Å². The smallest absolute Gasteiger partial charge is 0.264 e. The van der Waals surface area contributed by atoms with E-state index < -0.39 is 0 Å². The minimum absolute atomic E-state index is 0.0460. The van der Waals surface area contributed by atoms with Crippen molar-refractivity contribution >= 4 is 23.2 Å². The molecule has 0 bridgehead atoms. The van der Waals surface area contributed by atoms with Gasteiger partial charge in [-0.2, -0.15) is 0 Å². The molecule has 0 saturated carbocycles. The number of nitrogens with zero attached hydrogens (tertiary/aromatic N) is 3. The average molecular weight is 365 g/mol.